The highest BCUT2D eigenvalue weighted by Gasteiger charge is 2.12. The van der Waals surface area contributed by atoms with Gasteiger partial charge in [0.15, 0.2) is 0 Å². The van der Waals surface area contributed by atoms with Gasteiger partial charge in [-0.25, -0.2) is 9.59 Å². The molecule has 0 aliphatic rings. The average Bonchev–Trinajstić information content (AvgIpc) is 2.87. The fourth-order valence-corrected chi connectivity index (χ4v) is 3.30. The van der Waals surface area contributed by atoms with Crippen molar-refractivity contribution in [3.05, 3.63) is 90.0 Å². The summed E-state index contributed by atoms with van der Waals surface area (Å²) in [6.45, 7) is 0.295. The molecular weight excluding hydrogens is 450 g/mol. The van der Waals surface area contributed by atoms with Crippen LogP contribution in [0.5, 0.6) is 5.75 Å². The van der Waals surface area contributed by atoms with E-state index >= 15 is 0 Å². The van der Waals surface area contributed by atoms with E-state index in [0.717, 1.165) is 5.56 Å². The molecule has 6 N–H and O–H groups in total. The number of hydrogen-bond donors (Lipinski definition) is 6. The van der Waals surface area contributed by atoms with Gasteiger partial charge in [-0.15, -0.1) is 0 Å². The number of urea groups is 1. The van der Waals surface area contributed by atoms with Crippen LogP contribution >= 0.6 is 0 Å². The molecule has 9 nitrogen and oxygen atoms in total. The molecule has 3 aromatic rings. The molecule has 3 aromatic carbocycles. The minimum atomic E-state index is -1.07. The molecule has 3 rings (SSSR count). The molecule has 0 saturated heterocycles. The molecular formula is C26H29N3O6. The number of ether oxygens (including phenoxy) is 1. The second kappa shape index (κ2) is 13.1. The summed E-state index contributed by atoms with van der Waals surface area (Å²) in [6, 6.07) is 21.6. The number of aliphatic hydroxyl groups excluding tert-OH is 2. The Morgan fingerprint density at radius 2 is 1.60 bits per heavy atom. The summed E-state index contributed by atoms with van der Waals surface area (Å²) in [5.41, 5.74) is 1.94. The molecule has 0 fully saturated rings. The Balaban J connectivity index is 1.43. The molecule has 0 aromatic heterocycles. The lowest BCUT2D eigenvalue weighted by Gasteiger charge is -2.19. The predicted molar refractivity (Wildman–Crippen MR) is 133 cm³/mol. The van der Waals surface area contributed by atoms with Crippen molar-refractivity contribution in [1.29, 1.82) is 0 Å². The van der Waals surface area contributed by atoms with Crippen molar-refractivity contribution < 1.29 is 29.6 Å². The monoisotopic (exact) mass is 479 g/mol. The minimum absolute atomic E-state index is 0.0791. The van der Waals surface area contributed by atoms with E-state index in [1.165, 1.54) is 12.1 Å². The van der Waals surface area contributed by atoms with E-state index in [4.69, 9.17) is 9.84 Å². The number of aromatic carboxylic acids is 1. The van der Waals surface area contributed by atoms with Crippen LogP contribution in [0, 0.1) is 0 Å². The Morgan fingerprint density at radius 1 is 0.886 bits per heavy atom. The molecule has 2 atom stereocenters. The van der Waals surface area contributed by atoms with Gasteiger partial charge >= 0.3 is 12.0 Å². The van der Waals surface area contributed by atoms with Crippen LogP contribution in [0.2, 0.25) is 0 Å². The molecule has 35 heavy (non-hydrogen) atoms. The second-order valence-corrected chi connectivity index (χ2v) is 7.93. The Hall–Kier alpha value is -3.92. The largest absolute Gasteiger partial charge is 0.491 e. The molecule has 0 saturated carbocycles. The Bertz CT molecular complexity index is 1090. The first kappa shape index (κ1) is 25.7. The van der Waals surface area contributed by atoms with Crippen molar-refractivity contribution in [2.45, 2.75) is 18.6 Å². The summed E-state index contributed by atoms with van der Waals surface area (Å²) < 4.78 is 5.53. The van der Waals surface area contributed by atoms with Gasteiger partial charge < -0.3 is 36.0 Å². The summed E-state index contributed by atoms with van der Waals surface area (Å²) in [5, 5.41) is 37.3. The van der Waals surface area contributed by atoms with Crippen LogP contribution in [0.1, 0.15) is 15.9 Å². The van der Waals surface area contributed by atoms with Crippen LogP contribution in [0.3, 0.4) is 0 Å². The lowest BCUT2D eigenvalue weighted by molar-refractivity contribution is 0.0697. The van der Waals surface area contributed by atoms with E-state index in [0.29, 0.717) is 23.5 Å². The molecule has 2 amide bonds. The number of nitrogens with one attached hydrogen (secondary N) is 3. The number of benzene rings is 3. The van der Waals surface area contributed by atoms with Gasteiger partial charge in [-0.05, 0) is 54.4 Å². The number of hydrogen-bond acceptors (Lipinski definition) is 6. The molecule has 0 aliphatic heterocycles. The van der Waals surface area contributed by atoms with Gasteiger partial charge in [0.2, 0.25) is 0 Å². The van der Waals surface area contributed by atoms with Crippen LogP contribution in [-0.2, 0) is 6.42 Å². The maximum Gasteiger partial charge on any atom is 0.335 e. The first-order valence-corrected chi connectivity index (χ1v) is 11.1. The molecule has 0 spiro atoms. The van der Waals surface area contributed by atoms with Gasteiger partial charge in [0, 0.05) is 24.0 Å². The van der Waals surface area contributed by atoms with Crippen molar-refractivity contribution in [2.75, 3.05) is 30.4 Å². The Morgan fingerprint density at radius 3 is 2.29 bits per heavy atom. The topological polar surface area (TPSA) is 140 Å². The lowest BCUT2D eigenvalue weighted by atomic mass is 10.1. The zero-order valence-corrected chi connectivity index (χ0v) is 19.1. The predicted octanol–water partition coefficient (Wildman–Crippen LogP) is 2.96. The van der Waals surface area contributed by atoms with Crippen molar-refractivity contribution >= 4 is 23.4 Å². The molecule has 0 radical (unpaired) electrons. The normalized spacial score (nSPS) is 12.4. The minimum Gasteiger partial charge on any atom is -0.491 e. The maximum absolute atomic E-state index is 12.2. The molecule has 9 heteroatoms. The number of aliphatic hydroxyl groups is 2. The van der Waals surface area contributed by atoms with Crippen molar-refractivity contribution in [3.63, 3.8) is 0 Å². The van der Waals surface area contributed by atoms with Gasteiger partial charge in [0.05, 0.1) is 12.2 Å². The van der Waals surface area contributed by atoms with Gasteiger partial charge in [0.25, 0.3) is 0 Å². The first-order valence-electron chi connectivity index (χ1n) is 11.1. The van der Waals surface area contributed by atoms with Gasteiger partial charge in [-0.1, -0.05) is 36.4 Å². The van der Waals surface area contributed by atoms with E-state index in [1.807, 2.05) is 42.5 Å². The molecule has 184 valence electrons. The zero-order valence-electron chi connectivity index (χ0n) is 19.1. The highest BCUT2D eigenvalue weighted by Crippen LogP contribution is 2.14. The highest BCUT2D eigenvalue weighted by molar-refractivity contribution is 6.00. The SMILES string of the molecule is O=C(Nc1ccc(C[C@@H](CO)NC[C@H](O)COc2ccccc2)cc1)Nc1cccc(C(=O)O)c1. The average molecular weight is 480 g/mol. The third-order valence-corrected chi connectivity index (χ3v) is 5.11. The third-order valence-electron chi connectivity index (χ3n) is 5.11. The molecule has 0 aliphatic carbocycles. The number of anilines is 2. The maximum atomic E-state index is 12.2. The van der Waals surface area contributed by atoms with Crippen LogP contribution in [0.15, 0.2) is 78.9 Å². The summed E-state index contributed by atoms with van der Waals surface area (Å²) in [7, 11) is 0. The van der Waals surface area contributed by atoms with E-state index in [9.17, 15) is 19.8 Å². The smallest absolute Gasteiger partial charge is 0.335 e. The number of carboxylic acid groups (broad SMARTS) is 1. The first-order chi connectivity index (χ1) is 16.9. The van der Waals surface area contributed by atoms with Gasteiger partial charge in [-0.3, -0.25) is 0 Å². The summed E-state index contributed by atoms with van der Waals surface area (Å²) in [4.78, 5) is 23.3. The number of carbonyl (C=O) groups is 2. The summed E-state index contributed by atoms with van der Waals surface area (Å²) in [6.07, 6.45) is -0.206. The number of rotatable bonds is 12. The van der Waals surface area contributed by atoms with Crippen LogP contribution in [0.4, 0.5) is 16.2 Å². The molecule has 0 heterocycles. The number of carbonyl (C=O) groups excluding carboxylic acids is 1. The van der Waals surface area contributed by atoms with Crippen molar-refractivity contribution in [3.8, 4) is 5.75 Å². The van der Waals surface area contributed by atoms with Crippen molar-refractivity contribution in [2.24, 2.45) is 0 Å². The fraction of sp³-hybridized carbons (Fsp3) is 0.231. The molecule has 0 bridgehead atoms. The van der Waals surface area contributed by atoms with Crippen LogP contribution in [-0.4, -0.2) is 59.2 Å². The zero-order chi connectivity index (χ0) is 25.0. The number of amides is 2. The Kier molecular flexibility index (Phi) is 9.61. The van der Waals surface area contributed by atoms with E-state index < -0.39 is 18.1 Å². The lowest BCUT2D eigenvalue weighted by Crippen LogP contribution is -2.41. The summed E-state index contributed by atoms with van der Waals surface area (Å²) >= 11 is 0. The Labute approximate surface area is 203 Å². The van der Waals surface area contributed by atoms with Crippen LogP contribution in [0.25, 0.3) is 0 Å². The van der Waals surface area contributed by atoms with Crippen LogP contribution < -0.4 is 20.7 Å². The third kappa shape index (κ3) is 8.74. The standard InChI is InChI=1S/C26H29N3O6/c30-16-22(27-15-23(31)17-35-24-7-2-1-3-8-24)13-18-9-11-20(12-10-18)28-26(34)29-21-6-4-5-19(14-21)25(32)33/h1-12,14,22-23,27,30-31H,13,15-17H2,(H,32,33)(H2,28,29,34)/t22-,23-/m0/s1. The highest BCUT2D eigenvalue weighted by atomic mass is 16.5. The van der Waals surface area contributed by atoms with Gasteiger partial charge in [-0.2, -0.15) is 0 Å². The van der Waals surface area contributed by atoms with Crippen molar-refractivity contribution in [1.82, 2.24) is 5.32 Å². The summed E-state index contributed by atoms with van der Waals surface area (Å²) in [5.74, 6) is -0.392. The number of para-hydroxylation sites is 1. The second-order valence-electron chi connectivity index (χ2n) is 7.93. The van der Waals surface area contributed by atoms with E-state index in [2.05, 4.69) is 16.0 Å². The van der Waals surface area contributed by atoms with E-state index in [1.54, 1.807) is 24.3 Å². The van der Waals surface area contributed by atoms with E-state index in [-0.39, 0.29) is 31.4 Å². The molecule has 0 unspecified atom stereocenters. The number of carboxylic acids is 1. The quantitative estimate of drug-likeness (QED) is 0.235. The van der Waals surface area contributed by atoms with Gasteiger partial charge in [0.1, 0.15) is 18.5 Å². The fourth-order valence-electron chi connectivity index (χ4n) is 3.30.